The van der Waals surface area contributed by atoms with Crippen molar-refractivity contribution in [2.24, 2.45) is 5.84 Å². The summed E-state index contributed by atoms with van der Waals surface area (Å²) in [4.78, 5) is 14.0. The fourth-order valence-corrected chi connectivity index (χ4v) is 1.87. The Hall–Kier alpha value is -1.53. The molecule has 2 N–H and O–H groups in total. The predicted octanol–water partition coefficient (Wildman–Crippen LogP) is 1.00. The van der Waals surface area contributed by atoms with Gasteiger partial charge in [0.15, 0.2) is 0 Å². The van der Waals surface area contributed by atoms with Crippen LogP contribution in [0.5, 0.6) is 0 Å². The Morgan fingerprint density at radius 2 is 2.40 bits per heavy atom. The second-order valence-corrected chi connectivity index (χ2v) is 3.63. The number of nitrogens with zero attached hydrogens (tertiary/aromatic N) is 3. The Bertz CT molecular complexity index is 382. The van der Waals surface area contributed by atoms with Gasteiger partial charge in [-0.2, -0.15) is 0 Å². The molecule has 1 atom stereocenters. The quantitative estimate of drug-likeness (QED) is 0.445. The monoisotopic (exact) mass is 208 g/mol. The summed E-state index contributed by atoms with van der Waals surface area (Å²) in [5.41, 5.74) is 0.844. The van der Waals surface area contributed by atoms with Gasteiger partial charge in [-0.15, -0.1) is 0 Å². The first-order chi connectivity index (χ1) is 7.18. The smallest absolute Gasteiger partial charge is 0.268 e. The molecule has 2 heterocycles. The maximum Gasteiger partial charge on any atom is 0.287 e. The van der Waals surface area contributed by atoms with Crippen LogP contribution >= 0.6 is 0 Å². The van der Waals surface area contributed by atoms with Crippen molar-refractivity contribution < 1.29 is 4.92 Å². The summed E-state index contributed by atoms with van der Waals surface area (Å²) in [7, 11) is 0. The Morgan fingerprint density at radius 1 is 1.60 bits per heavy atom. The molecule has 1 aliphatic heterocycles. The molecule has 6 heteroatoms. The molecule has 1 aromatic rings. The zero-order valence-corrected chi connectivity index (χ0v) is 8.17. The van der Waals surface area contributed by atoms with Gasteiger partial charge >= 0.3 is 0 Å². The van der Waals surface area contributed by atoms with Gasteiger partial charge in [0.2, 0.25) is 0 Å². The van der Waals surface area contributed by atoms with Gasteiger partial charge in [-0.25, -0.2) is 5.01 Å². The normalized spacial score (nSPS) is 21.8. The number of hydrazine groups is 1. The van der Waals surface area contributed by atoms with Gasteiger partial charge in [0, 0.05) is 18.8 Å². The first-order valence-electron chi connectivity index (χ1n) is 4.79. The van der Waals surface area contributed by atoms with Crippen molar-refractivity contribution in [1.29, 1.82) is 0 Å². The number of hydrogen-bond acceptors (Lipinski definition) is 5. The zero-order chi connectivity index (χ0) is 10.8. The number of hydrogen-bond donors (Lipinski definition) is 1. The van der Waals surface area contributed by atoms with Crippen LogP contribution in [0.2, 0.25) is 0 Å². The van der Waals surface area contributed by atoms with Crippen molar-refractivity contribution in [3.8, 4) is 0 Å². The van der Waals surface area contributed by atoms with Gasteiger partial charge in [0.05, 0.1) is 11.0 Å². The van der Waals surface area contributed by atoms with E-state index < -0.39 is 4.92 Å². The lowest BCUT2D eigenvalue weighted by Crippen LogP contribution is -2.30. The minimum absolute atomic E-state index is 0.0211. The van der Waals surface area contributed by atoms with E-state index in [1.54, 1.807) is 17.3 Å². The van der Waals surface area contributed by atoms with E-state index in [1.165, 1.54) is 6.20 Å². The Balaban J connectivity index is 2.28. The van der Waals surface area contributed by atoms with Crippen LogP contribution in [0.4, 0.5) is 5.69 Å². The number of nitrogens with two attached hydrogens (primary N) is 1. The van der Waals surface area contributed by atoms with Crippen LogP contribution in [0.15, 0.2) is 18.5 Å². The Labute approximate surface area is 86.8 Å². The summed E-state index contributed by atoms with van der Waals surface area (Å²) in [6, 6.07) is 1.61. The summed E-state index contributed by atoms with van der Waals surface area (Å²) in [6.07, 6.45) is 4.84. The molecule has 0 saturated carbocycles. The molecule has 1 aliphatic rings. The van der Waals surface area contributed by atoms with Gasteiger partial charge in [-0.1, -0.05) is 0 Å². The highest BCUT2D eigenvalue weighted by atomic mass is 16.6. The van der Waals surface area contributed by atoms with Crippen molar-refractivity contribution in [2.45, 2.75) is 18.9 Å². The number of aromatic nitrogens is 1. The van der Waals surface area contributed by atoms with Gasteiger partial charge in [-0.3, -0.25) is 20.9 Å². The third-order valence-electron chi connectivity index (χ3n) is 2.63. The third kappa shape index (κ3) is 1.95. The van der Waals surface area contributed by atoms with E-state index in [0.717, 1.165) is 24.9 Å². The van der Waals surface area contributed by atoms with Crippen molar-refractivity contribution in [3.05, 3.63) is 34.1 Å². The molecular formula is C9H12N4O2. The largest absolute Gasteiger partial charge is 0.287 e. The van der Waals surface area contributed by atoms with Gasteiger partial charge in [0.1, 0.15) is 6.20 Å². The number of pyridine rings is 1. The lowest BCUT2D eigenvalue weighted by molar-refractivity contribution is -0.385. The molecule has 0 radical (unpaired) electrons. The average Bonchev–Trinajstić information content (AvgIpc) is 2.64. The van der Waals surface area contributed by atoms with E-state index >= 15 is 0 Å². The van der Waals surface area contributed by atoms with Crippen LogP contribution in [-0.4, -0.2) is 21.5 Å². The summed E-state index contributed by atoms with van der Waals surface area (Å²) in [5, 5.41) is 12.3. The molecule has 6 nitrogen and oxygen atoms in total. The van der Waals surface area contributed by atoms with E-state index in [-0.39, 0.29) is 11.7 Å². The van der Waals surface area contributed by atoms with Crippen molar-refractivity contribution in [1.82, 2.24) is 9.99 Å². The van der Waals surface area contributed by atoms with E-state index in [2.05, 4.69) is 4.98 Å². The summed E-state index contributed by atoms with van der Waals surface area (Å²) in [5.74, 6) is 5.77. The molecular weight excluding hydrogens is 196 g/mol. The van der Waals surface area contributed by atoms with Gasteiger partial charge in [0.25, 0.3) is 5.69 Å². The van der Waals surface area contributed by atoms with Crippen LogP contribution in [-0.2, 0) is 0 Å². The lowest BCUT2D eigenvalue weighted by Gasteiger charge is -2.18. The fraction of sp³-hybridized carbons (Fsp3) is 0.444. The molecule has 2 rings (SSSR count). The van der Waals surface area contributed by atoms with Crippen LogP contribution in [0, 0.1) is 10.1 Å². The fourth-order valence-electron chi connectivity index (χ4n) is 1.87. The Morgan fingerprint density at radius 3 is 3.00 bits per heavy atom. The first-order valence-corrected chi connectivity index (χ1v) is 4.79. The van der Waals surface area contributed by atoms with Crippen molar-refractivity contribution in [2.75, 3.05) is 6.54 Å². The predicted molar refractivity (Wildman–Crippen MR) is 53.8 cm³/mol. The molecule has 0 spiro atoms. The third-order valence-corrected chi connectivity index (χ3v) is 2.63. The molecule has 0 aliphatic carbocycles. The highest BCUT2D eigenvalue weighted by molar-refractivity contribution is 5.31. The minimum Gasteiger partial charge on any atom is -0.268 e. The molecule has 1 aromatic heterocycles. The Kier molecular flexibility index (Phi) is 2.61. The lowest BCUT2D eigenvalue weighted by atomic mass is 10.1. The van der Waals surface area contributed by atoms with Crippen LogP contribution in [0.25, 0.3) is 0 Å². The minimum atomic E-state index is -0.438. The average molecular weight is 208 g/mol. The first kappa shape index (κ1) is 10.0. The molecule has 15 heavy (non-hydrogen) atoms. The zero-order valence-electron chi connectivity index (χ0n) is 8.17. The van der Waals surface area contributed by atoms with E-state index in [9.17, 15) is 10.1 Å². The maximum absolute atomic E-state index is 10.6. The van der Waals surface area contributed by atoms with Crippen LogP contribution < -0.4 is 5.84 Å². The molecule has 80 valence electrons. The van der Waals surface area contributed by atoms with Crippen LogP contribution in [0.1, 0.15) is 24.4 Å². The van der Waals surface area contributed by atoms with Crippen molar-refractivity contribution in [3.63, 3.8) is 0 Å². The SMILES string of the molecule is NN1CCC[C@@H]1c1cncc([N+](=O)[O-])c1. The summed E-state index contributed by atoms with van der Waals surface area (Å²) in [6.45, 7) is 0.827. The summed E-state index contributed by atoms with van der Waals surface area (Å²) >= 11 is 0. The maximum atomic E-state index is 10.6. The number of nitro groups is 1. The second kappa shape index (κ2) is 3.92. The molecule has 1 fully saturated rings. The number of rotatable bonds is 2. The van der Waals surface area contributed by atoms with E-state index in [0.29, 0.717) is 0 Å². The van der Waals surface area contributed by atoms with Crippen LogP contribution in [0.3, 0.4) is 0 Å². The highest BCUT2D eigenvalue weighted by Crippen LogP contribution is 2.29. The van der Waals surface area contributed by atoms with Crippen molar-refractivity contribution >= 4 is 5.69 Å². The van der Waals surface area contributed by atoms with Gasteiger partial charge < -0.3 is 0 Å². The molecule has 1 saturated heterocycles. The van der Waals surface area contributed by atoms with Gasteiger partial charge in [-0.05, 0) is 18.4 Å². The molecule has 0 aromatic carbocycles. The standard InChI is InChI=1S/C9H12N4O2/c10-12-3-1-2-9(12)7-4-8(13(14)15)6-11-5-7/h4-6,9H,1-3,10H2/t9-/m1/s1. The van der Waals surface area contributed by atoms with E-state index in [1.807, 2.05) is 0 Å². The summed E-state index contributed by atoms with van der Waals surface area (Å²) < 4.78 is 0. The van der Waals surface area contributed by atoms with E-state index in [4.69, 9.17) is 5.84 Å². The molecule has 0 bridgehead atoms. The highest BCUT2D eigenvalue weighted by Gasteiger charge is 2.24. The second-order valence-electron chi connectivity index (χ2n) is 3.63. The molecule has 0 amide bonds. The molecule has 0 unspecified atom stereocenters. The topological polar surface area (TPSA) is 85.3 Å².